The Morgan fingerprint density at radius 1 is 1.26 bits per heavy atom. The van der Waals surface area contributed by atoms with Crippen molar-refractivity contribution in [3.05, 3.63) is 34.0 Å². The van der Waals surface area contributed by atoms with Crippen molar-refractivity contribution in [2.24, 2.45) is 11.7 Å². The first kappa shape index (κ1) is 13.2. The van der Waals surface area contributed by atoms with Crippen molar-refractivity contribution in [3.63, 3.8) is 0 Å². The molecule has 19 heavy (non-hydrogen) atoms. The summed E-state index contributed by atoms with van der Waals surface area (Å²) in [6.07, 6.45) is 6.45. The molecule has 2 aromatic rings. The Hall–Kier alpha value is -0.800. The molecule has 102 valence electrons. The van der Waals surface area contributed by atoms with Gasteiger partial charge >= 0.3 is 0 Å². The van der Waals surface area contributed by atoms with Gasteiger partial charge in [-0.2, -0.15) is 0 Å². The summed E-state index contributed by atoms with van der Waals surface area (Å²) in [5.41, 5.74) is 8.61. The molecule has 1 atom stereocenters. The zero-order valence-electron chi connectivity index (χ0n) is 11.3. The number of aryl methyl sites for hydroxylation is 1. The van der Waals surface area contributed by atoms with Crippen LogP contribution in [0, 0.1) is 12.8 Å². The number of rotatable bonds is 2. The largest absolute Gasteiger partial charge is 0.459 e. The minimum atomic E-state index is 0.0477. The highest BCUT2D eigenvalue weighted by molar-refractivity contribution is 9.10. The van der Waals surface area contributed by atoms with E-state index in [1.807, 2.05) is 6.07 Å². The predicted molar refractivity (Wildman–Crippen MR) is 82.2 cm³/mol. The molecule has 1 aliphatic rings. The maximum absolute atomic E-state index is 6.47. The highest BCUT2D eigenvalue weighted by Gasteiger charge is 2.26. The summed E-state index contributed by atoms with van der Waals surface area (Å²) in [7, 11) is 0. The standard InChI is InChI=1S/C16H20BrNO/c1-10-13-8-7-12(17)9-14(13)19-16(10)15(18)11-5-3-2-4-6-11/h7-9,11,15H,2-6,18H2,1H3. The summed E-state index contributed by atoms with van der Waals surface area (Å²) >= 11 is 3.49. The zero-order valence-corrected chi connectivity index (χ0v) is 12.9. The van der Waals surface area contributed by atoms with E-state index < -0.39 is 0 Å². The van der Waals surface area contributed by atoms with Gasteiger partial charge in [0.2, 0.25) is 0 Å². The van der Waals surface area contributed by atoms with Crippen LogP contribution in [0.5, 0.6) is 0 Å². The van der Waals surface area contributed by atoms with Crippen LogP contribution in [0.15, 0.2) is 27.1 Å². The lowest BCUT2D eigenvalue weighted by Crippen LogP contribution is -2.23. The first-order valence-corrected chi connectivity index (χ1v) is 7.90. The van der Waals surface area contributed by atoms with Gasteiger partial charge in [0.05, 0.1) is 6.04 Å². The smallest absolute Gasteiger partial charge is 0.135 e. The van der Waals surface area contributed by atoms with Crippen LogP contribution in [0.2, 0.25) is 0 Å². The summed E-state index contributed by atoms with van der Waals surface area (Å²) in [4.78, 5) is 0. The first-order chi connectivity index (χ1) is 9.16. The van der Waals surface area contributed by atoms with Gasteiger partial charge in [-0.1, -0.05) is 35.2 Å². The second-order valence-corrected chi connectivity index (χ2v) is 6.57. The molecule has 0 radical (unpaired) electrons. The van der Waals surface area contributed by atoms with Crippen LogP contribution >= 0.6 is 15.9 Å². The van der Waals surface area contributed by atoms with Gasteiger partial charge in [-0.3, -0.25) is 0 Å². The summed E-state index contributed by atoms with van der Waals surface area (Å²) in [6, 6.07) is 6.24. The molecule has 3 heteroatoms. The van der Waals surface area contributed by atoms with Crippen LogP contribution in [0.1, 0.15) is 49.5 Å². The van der Waals surface area contributed by atoms with Gasteiger partial charge in [0, 0.05) is 9.86 Å². The van der Waals surface area contributed by atoms with E-state index in [-0.39, 0.29) is 6.04 Å². The highest BCUT2D eigenvalue weighted by Crippen LogP contribution is 2.37. The lowest BCUT2D eigenvalue weighted by atomic mass is 9.82. The third-order valence-corrected chi connectivity index (χ3v) is 4.89. The van der Waals surface area contributed by atoms with Gasteiger partial charge in [-0.15, -0.1) is 0 Å². The SMILES string of the molecule is Cc1c(C(N)C2CCCCC2)oc2cc(Br)ccc12. The van der Waals surface area contributed by atoms with Crippen LogP contribution in [0.3, 0.4) is 0 Å². The topological polar surface area (TPSA) is 39.2 Å². The van der Waals surface area contributed by atoms with Gasteiger partial charge in [-0.25, -0.2) is 0 Å². The molecule has 0 spiro atoms. The molecule has 0 bridgehead atoms. The van der Waals surface area contributed by atoms with Gasteiger partial charge in [-0.05, 0) is 49.4 Å². The Morgan fingerprint density at radius 2 is 2.00 bits per heavy atom. The molecule has 1 aromatic carbocycles. The van der Waals surface area contributed by atoms with Gasteiger partial charge in [0.25, 0.3) is 0 Å². The van der Waals surface area contributed by atoms with E-state index in [1.165, 1.54) is 43.1 Å². The van der Waals surface area contributed by atoms with Crippen LogP contribution in [-0.2, 0) is 0 Å². The maximum atomic E-state index is 6.47. The van der Waals surface area contributed by atoms with E-state index >= 15 is 0 Å². The predicted octanol–water partition coefficient (Wildman–Crippen LogP) is 5.08. The Kier molecular flexibility index (Phi) is 3.68. The molecule has 3 rings (SSSR count). The summed E-state index contributed by atoms with van der Waals surface area (Å²) < 4.78 is 7.09. The fourth-order valence-electron chi connectivity index (χ4n) is 3.24. The van der Waals surface area contributed by atoms with E-state index in [1.54, 1.807) is 0 Å². The highest BCUT2D eigenvalue weighted by atomic mass is 79.9. The fraction of sp³-hybridized carbons (Fsp3) is 0.500. The average Bonchev–Trinajstić information content (AvgIpc) is 2.75. The lowest BCUT2D eigenvalue weighted by Gasteiger charge is -2.26. The molecule has 1 unspecified atom stereocenters. The van der Waals surface area contributed by atoms with E-state index in [4.69, 9.17) is 10.2 Å². The lowest BCUT2D eigenvalue weighted by molar-refractivity contribution is 0.283. The van der Waals surface area contributed by atoms with Crippen LogP contribution in [0.25, 0.3) is 11.0 Å². The maximum Gasteiger partial charge on any atom is 0.135 e. The van der Waals surface area contributed by atoms with Crippen molar-refractivity contribution in [1.29, 1.82) is 0 Å². The van der Waals surface area contributed by atoms with Crippen molar-refractivity contribution < 1.29 is 4.42 Å². The molecule has 2 nitrogen and oxygen atoms in total. The Balaban J connectivity index is 1.97. The van der Waals surface area contributed by atoms with Crippen molar-refractivity contribution >= 4 is 26.9 Å². The van der Waals surface area contributed by atoms with E-state index in [2.05, 4.69) is 35.0 Å². The molecule has 1 aromatic heterocycles. The zero-order chi connectivity index (χ0) is 13.4. The number of nitrogens with two attached hydrogens (primary N) is 1. The van der Waals surface area contributed by atoms with Crippen molar-refractivity contribution in [1.82, 2.24) is 0 Å². The van der Waals surface area contributed by atoms with Crippen molar-refractivity contribution in [2.75, 3.05) is 0 Å². The summed E-state index contributed by atoms with van der Waals surface area (Å²) in [5.74, 6) is 1.57. The van der Waals surface area contributed by atoms with Crippen molar-refractivity contribution in [3.8, 4) is 0 Å². The molecule has 1 fully saturated rings. The molecule has 1 heterocycles. The van der Waals surface area contributed by atoms with Crippen LogP contribution < -0.4 is 5.73 Å². The number of benzene rings is 1. The minimum absolute atomic E-state index is 0.0477. The molecule has 2 N–H and O–H groups in total. The molecular weight excluding hydrogens is 302 g/mol. The van der Waals surface area contributed by atoms with E-state index in [0.717, 1.165) is 15.8 Å². The third kappa shape index (κ3) is 2.46. The molecule has 0 saturated heterocycles. The Morgan fingerprint density at radius 3 is 2.74 bits per heavy atom. The van der Waals surface area contributed by atoms with Crippen LogP contribution in [0.4, 0.5) is 0 Å². The summed E-state index contributed by atoms with van der Waals surface area (Å²) in [5, 5.41) is 1.18. The first-order valence-electron chi connectivity index (χ1n) is 7.11. The van der Waals surface area contributed by atoms with Gasteiger partial charge in [0.15, 0.2) is 0 Å². The van der Waals surface area contributed by atoms with E-state index in [0.29, 0.717) is 5.92 Å². The number of fused-ring (bicyclic) bond motifs is 1. The normalized spacial score (nSPS) is 18.9. The van der Waals surface area contributed by atoms with Crippen LogP contribution in [-0.4, -0.2) is 0 Å². The molecule has 0 amide bonds. The number of hydrogen-bond donors (Lipinski definition) is 1. The Bertz CT molecular complexity index is 584. The van der Waals surface area contributed by atoms with E-state index in [9.17, 15) is 0 Å². The molecular formula is C16H20BrNO. The Labute approximate surface area is 122 Å². The average molecular weight is 322 g/mol. The third-order valence-electron chi connectivity index (χ3n) is 4.40. The van der Waals surface area contributed by atoms with Crippen molar-refractivity contribution in [2.45, 2.75) is 45.1 Å². The minimum Gasteiger partial charge on any atom is -0.459 e. The monoisotopic (exact) mass is 321 g/mol. The fourth-order valence-corrected chi connectivity index (χ4v) is 3.58. The number of hydrogen-bond acceptors (Lipinski definition) is 2. The number of halogens is 1. The molecule has 1 aliphatic carbocycles. The van der Waals surface area contributed by atoms with Gasteiger partial charge in [0.1, 0.15) is 11.3 Å². The second kappa shape index (κ2) is 5.29. The second-order valence-electron chi connectivity index (χ2n) is 5.66. The number of furan rings is 1. The molecule has 1 saturated carbocycles. The summed E-state index contributed by atoms with van der Waals surface area (Å²) in [6.45, 7) is 2.12. The quantitative estimate of drug-likeness (QED) is 0.837. The van der Waals surface area contributed by atoms with Gasteiger partial charge < -0.3 is 10.2 Å². The molecule has 0 aliphatic heterocycles.